The zero-order valence-corrected chi connectivity index (χ0v) is 30.7. The highest BCUT2D eigenvalue weighted by atomic mass is 32.1. The Balaban J connectivity index is 0.990. The van der Waals surface area contributed by atoms with Crippen molar-refractivity contribution in [3.8, 4) is 78.3 Å². The maximum Gasteiger partial charge on any atom is 0.160 e. The van der Waals surface area contributed by atoms with E-state index in [1.54, 1.807) is 11.3 Å². The number of benzene rings is 8. The first-order valence-electron chi connectivity index (χ1n) is 18.6. The molecule has 0 bridgehead atoms. The largest absolute Gasteiger partial charge is 0.226 e. The summed E-state index contributed by atoms with van der Waals surface area (Å²) in [6, 6.07) is 73.5. The minimum Gasteiger partial charge on any atom is -0.226 e. The molecule has 2 heterocycles. The molecule has 2 aromatic heterocycles. The number of nitrogens with zero attached hydrogens (tertiary/aromatic N) is 2. The van der Waals surface area contributed by atoms with Crippen molar-refractivity contribution in [2.45, 2.75) is 0 Å². The van der Waals surface area contributed by atoms with Gasteiger partial charge in [-0.15, -0.1) is 11.3 Å². The van der Waals surface area contributed by atoms with E-state index in [1.165, 1.54) is 54.6 Å². The molecule has 0 aliphatic carbocycles. The van der Waals surface area contributed by atoms with Crippen LogP contribution in [0.5, 0.6) is 0 Å². The van der Waals surface area contributed by atoms with E-state index in [0.717, 1.165) is 44.0 Å². The lowest BCUT2D eigenvalue weighted by atomic mass is 9.92. The highest BCUT2D eigenvalue weighted by molar-refractivity contribution is 7.26. The molecular formula is C52H34N2S. The van der Waals surface area contributed by atoms with Crippen molar-refractivity contribution in [1.29, 1.82) is 0 Å². The van der Waals surface area contributed by atoms with Crippen molar-refractivity contribution in [3.63, 3.8) is 0 Å². The van der Waals surface area contributed by atoms with E-state index in [0.29, 0.717) is 0 Å². The van der Waals surface area contributed by atoms with E-state index in [2.05, 4.69) is 200 Å². The highest BCUT2D eigenvalue weighted by Gasteiger charge is 2.17. The molecule has 3 heteroatoms. The second kappa shape index (κ2) is 14.1. The lowest BCUT2D eigenvalue weighted by Crippen LogP contribution is -1.94. The number of thiophene rings is 1. The van der Waals surface area contributed by atoms with E-state index in [-0.39, 0.29) is 0 Å². The number of fused-ring (bicyclic) bond motifs is 3. The van der Waals surface area contributed by atoms with Crippen LogP contribution >= 0.6 is 11.3 Å². The minimum atomic E-state index is 0.733. The standard InChI is InChI=1S/C52H34N2S/c1-4-14-35(15-5-1)44-32-45(36-16-6-2-7-17-36)34-46(33-44)42-22-12-20-40(30-42)37-26-28-38(29-27-37)41-21-13-23-43(31-41)52-53-49(39-18-8-3-9-19-39)51-50(54-52)47-24-10-11-25-48(47)55-51/h1-34H. The maximum absolute atomic E-state index is 5.20. The molecule has 2 nitrogen and oxygen atoms in total. The van der Waals surface area contributed by atoms with Crippen LogP contribution in [0.3, 0.4) is 0 Å². The maximum atomic E-state index is 5.20. The van der Waals surface area contributed by atoms with Gasteiger partial charge in [0.2, 0.25) is 0 Å². The van der Waals surface area contributed by atoms with Gasteiger partial charge in [0.1, 0.15) is 0 Å². The van der Waals surface area contributed by atoms with Gasteiger partial charge < -0.3 is 0 Å². The average Bonchev–Trinajstić information content (AvgIpc) is 3.66. The smallest absolute Gasteiger partial charge is 0.160 e. The van der Waals surface area contributed by atoms with E-state index in [4.69, 9.17) is 9.97 Å². The molecule has 258 valence electrons. The second-order valence-electron chi connectivity index (χ2n) is 13.8. The lowest BCUT2D eigenvalue weighted by Gasteiger charge is -2.13. The molecule has 0 atom stereocenters. The fourth-order valence-electron chi connectivity index (χ4n) is 7.47. The Bertz CT molecular complexity index is 2890. The van der Waals surface area contributed by atoms with Gasteiger partial charge in [-0.2, -0.15) is 0 Å². The Hall–Kier alpha value is -6.94. The third-order valence-electron chi connectivity index (χ3n) is 10.3. The molecule has 0 spiro atoms. The molecule has 10 aromatic rings. The normalized spacial score (nSPS) is 11.3. The second-order valence-corrected chi connectivity index (χ2v) is 14.9. The van der Waals surface area contributed by atoms with E-state index >= 15 is 0 Å². The van der Waals surface area contributed by atoms with Gasteiger partial charge in [-0.05, 0) is 92.0 Å². The molecule has 0 saturated heterocycles. The Labute approximate surface area is 324 Å². The van der Waals surface area contributed by atoms with Crippen LogP contribution in [0.25, 0.3) is 98.6 Å². The number of aromatic nitrogens is 2. The topological polar surface area (TPSA) is 25.8 Å². The van der Waals surface area contributed by atoms with Gasteiger partial charge in [-0.3, -0.25) is 0 Å². The first-order chi connectivity index (χ1) is 27.2. The van der Waals surface area contributed by atoms with E-state index in [9.17, 15) is 0 Å². The van der Waals surface area contributed by atoms with Gasteiger partial charge in [0, 0.05) is 21.2 Å². The highest BCUT2D eigenvalue weighted by Crippen LogP contribution is 2.40. The summed E-state index contributed by atoms with van der Waals surface area (Å²) in [4.78, 5) is 10.4. The number of hydrogen-bond acceptors (Lipinski definition) is 3. The molecule has 0 N–H and O–H groups in total. The molecule has 8 aromatic carbocycles. The van der Waals surface area contributed by atoms with Crippen LogP contribution in [-0.2, 0) is 0 Å². The Kier molecular flexibility index (Phi) is 8.40. The average molecular weight is 719 g/mol. The van der Waals surface area contributed by atoms with E-state index in [1.807, 2.05) is 6.07 Å². The summed E-state index contributed by atoms with van der Waals surface area (Å²) < 4.78 is 2.34. The quantitative estimate of drug-likeness (QED) is 0.164. The molecule has 0 aliphatic heterocycles. The van der Waals surface area contributed by atoms with Gasteiger partial charge in [0.15, 0.2) is 5.82 Å². The van der Waals surface area contributed by atoms with Crippen molar-refractivity contribution >= 4 is 31.6 Å². The van der Waals surface area contributed by atoms with Crippen LogP contribution in [0.2, 0.25) is 0 Å². The first kappa shape index (κ1) is 32.7. The molecule has 0 saturated carbocycles. The molecule has 55 heavy (non-hydrogen) atoms. The molecule has 0 aliphatic rings. The number of hydrogen-bond donors (Lipinski definition) is 0. The fraction of sp³-hybridized carbons (Fsp3) is 0. The summed E-state index contributed by atoms with van der Waals surface area (Å²) in [5.41, 5.74) is 15.9. The first-order valence-corrected chi connectivity index (χ1v) is 19.4. The number of rotatable bonds is 7. The summed E-state index contributed by atoms with van der Waals surface area (Å²) in [6.07, 6.45) is 0. The molecular weight excluding hydrogens is 685 g/mol. The molecule has 0 unspecified atom stereocenters. The Morgan fingerprint density at radius 3 is 1.27 bits per heavy atom. The van der Waals surface area contributed by atoms with Gasteiger partial charge in [-0.1, -0.05) is 170 Å². The Morgan fingerprint density at radius 1 is 0.291 bits per heavy atom. The minimum absolute atomic E-state index is 0.733. The van der Waals surface area contributed by atoms with Crippen LogP contribution in [-0.4, -0.2) is 9.97 Å². The van der Waals surface area contributed by atoms with Crippen molar-refractivity contribution in [2.75, 3.05) is 0 Å². The van der Waals surface area contributed by atoms with Crippen molar-refractivity contribution < 1.29 is 0 Å². The predicted molar refractivity (Wildman–Crippen MR) is 233 cm³/mol. The van der Waals surface area contributed by atoms with Crippen molar-refractivity contribution in [2.24, 2.45) is 0 Å². The van der Waals surface area contributed by atoms with Crippen LogP contribution < -0.4 is 0 Å². The SMILES string of the molecule is c1ccc(-c2cc(-c3ccccc3)cc(-c3cccc(-c4ccc(-c5cccc(-c6nc(-c7ccccc7)c7sc8ccccc8c7n6)c5)cc4)c3)c2)cc1. The lowest BCUT2D eigenvalue weighted by molar-refractivity contribution is 1.24. The molecule has 0 fully saturated rings. The molecule has 0 amide bonds. The predicted octanol–water partition coefficient (Wildman–Crippen LogP) is 14.5. The summed E-state index contributed by atoms with van der Waals surface area (Å²) in [5.74, 6) is 0.733. The zero-order valence-electron chi connectivity index (χ0n) is 29.9. The third kappa shape index (κ3) is 6.41. The van der Waals surface area contributed by atoms with Gasteiger partial charge in [0.05, 0.1) is 15.9 Å². The summed E-state index contributed by atoms with van der Waals surface area (Å²) in [5, 5.41) is 1.17. The van der Waals surface area contributed by atoms with Crippen LogP contribution in [0.15, 0.2) is 206 Å². The summed E-state index contributed by atoms with van der Waals surface area (Å²) in [6.45, 7) is 0. The van der Waals surface area contributed by atoms with Gasteiger partial charge >= 0.3 is 0 Å². The molecule has 10 rings (SSSR count). The van der Waals surface area contributed by atoms with Crippen molar-refractivity contribution in [1.82, 2.24) is 9.97 Å². The third-order valence-corrected chi connectivity index (χ3v) is 11.4. The van der Waals surface area contributed by atoms with Crippen molar-refractivity contribution in [3.05, 3.63) is 206 Å². The van der Waals surface area contributed by atoms with Gasteiger partial charge in [-0.25, -0.2) is 9.97 Å². The van der Waals surface area contributed by atoms with Crippen LogP contribution in [0.1, 0.15) is 0 Å². The van der Waals surface area contributed by atoms with Crippen LogP contribution in [0, 0.1) is 0 Å². The van der Waals surface area contributed by atoms with Crippen LogP contribution in [0.4, 0.5) is 0 Å². The van der Waals surface area contributed by atoms with E-state index < -0.39 is 0 Å². The molecule has 0 radical (unpaired) electrons. The summed E-state index contributed by atoms with van der Waals surface area (Å²) >= 11 is 1.76. The monoisotopic (exact) mass is 718 g/mol. The fourth-order valence-corrected chi connectivity index (χ4v) is 8.63. The zero-order chi connectivity index (χ0) is 36.6. The van der Waals surface area contributed by atoms with Gasteiger partial charge in [0.25, 0.3) is 0 Å². The summed E-state index contributed by atoms with van der Waals surface area (Å²) in [7, 11) is 0. The Morgan fingerprint density at radius 2 is 0.691 bits per heavy atom.